The highest BCUT2D eigenvalue weighted by molar-refractivity contribution is 5.88. The first-order valence-electron chi connectivity index (χ1n) is 12.3. The fraction of sp³-hybridized carbons (Fsp3) is 0.214. The minimum atomic E-state index is -0.999. The smallest absolute Gasteiger partial charge is 0.335 e. The van der Waals surface area contributed by atoms with Gasteiger partial charge in [0.25, 0.3) is 0 Å². The van der Waals surface area contributed by atoms with Crippen molar-refractivity contribution >= 4 is 17.1 Å². The number of imidazole rings is 2. The number of carboxylic acid groups (broad SMARTS) is 1. The molecule has 6 rings (SSSR count). The van der Waals surface area contributed by atoms with Gasteiger partial charge in [0.1, 0.15) is 11.6 Å². The molecule has 192 valence electrons. The zero-order valence-corrected chi connectivity index (χ0v) is 20.7. The molecule has 1 saturated heterocycles. The Balaban J connectivity index is 1.35. The van der Waals surface area contributed by atoms with Gasteiger partial charge in [0.2, 0.25) is 0 Å². The number of hydrogen-bond donors (Lipinski definition) is 2. The number of phenols is 1. The van der Waals surface area contributed by atoms with Crippen molar-refractivity contribution in [2.24, 2.45) is 7.05 Å². The van der Waals surface area contributed by atoms with Crippen LogP contribution in [0.3, 0.4) is 0 Å². The van der Waals surface area contributed by atoms with Crippen LogP contribution in [0.15, 0.2) is 78.0 Å². The summed E-state index contributed by atoms with van der Waals surface area (Å²) in [5, 5.41) is 20.2. The lowest BCUT2D eigenvalue weighted by atomic mass is 10.0. The van der Waals surface area contributed by atoms with Gasteiger partial charge in [-0.2, -0.15) is 0 Å². The number of nitrogens with zero attached hydrogens (tertiary/aromatic N) is 6. The number of aromatic carboxylic acids is 1. The number of benzene rings is 2. The van der Waals surface area contributed by atoms with Crippen LogP contribution in [0.1, 0.15) is 28.6 Å². The van der Waals surface area contributed by atoms with Crippen molar-refractivity contribution in [3.05, 3.63) is 95.1 Å². The molecule has 1 fully saturated rings. The molecule has 2 aromatic carbocycles. The van der Waals surface area contributed by atoms with Crippen molar-refractivity contribution in [2.45, 2.75) is 19.0 Å². The van der Waals surface area contributed by atoms with E-state index in [4.69, 9.17) is 5.11 Å². The number of phenolic OH excluding ortho intramolecular Hbond substituents is 1. The Hall–Kier alpha value is -4.70. The molecule has 1 atom stereocenters. The molecule has 0 saturated carbocycles. The normalized spacial score (nSPS) is 15.9. The lowest BCUT2D eigenvalue weighted by Crippen LogP contribution is -2.29. The molecule has 3 aromatic heterocycles. The summed E-state index contributed by atoms with van der Waals surface area (Å²) in [6.07, 6.45) is 6.19. The van der Waals surface area contributed by atoms with Crippen molar-refractivity contribution in [3.63, 3.8) is 0 Å². The molecule has 1 aliphatic heterocycles. The van der Waals surface area contributed by atoms with Crippen molar-refractivity contribution in [3.8, 4) is 22.6 Å². The molecular formula is C28H26N6O4. The van der Waals surface area contributed by atoms with Gasteiger partial charge in [0, 0.05) is 38.7 Å². The van der Waals surface area contributed by atoms with E-state index in [0.717, 1.165) is 24.4 Å². The van der Waals surface area contributed by atoms with Gasteiger partial charge in [-0.3, -0.25) is 14.0 Å². The van der Waals surface area contributed by atoms with Gasteiger partial charge >= 0.3 is 11.7 Å². The second kappa shape index (κ2) is 9.31. The number of pyridine rings is 1. The second-order valence-electron chi connectivity index (χ2n) is 9.55. The Morgan fingerprint density at radius 2 is 1.84 bits per heavy atom. The highest BCUT2D eigenvalue weighted by atomic mass is 16.4. The first kappa shape index (κ1) is 23.7. The number of likely N-dealkylation sites (tertiary alicyclic amines) is 1. The number of carboxylic acids is 1. The molecule has 0 spiro atoms. The van der Waals surface area contributed by atoms with Crippen LogP contribution in [-0.4, -0.2) is 57.8 Å². The minimum absolute atomic E-state index is 0.0577. The van der Waals surface area contributed by atoms with Crippen LogP contribution in [0.25, 0.3) is 28.0 Å². The van der Waals surface area contributed by atoms with Gasteiger partial charge in [-0.25, -0.2) is 19.6 Å². The maximum absolute atomic E-state index is 13.8. The lowest BCUT2D eigenvalue weighted by molar-refractivity contribution is 0.0697. The average molecular weight is 511 g/mol. The highest BCUT2D eigenvalue weighted by Gasteiger charge is 2.30. The number of aromatic nitrogens is 5. The monoisotopic (exact) mass is 510 g/mol. The van der Waals surface area contributed by atoms with Crippen LogP contribution in [0, 0.1) is 0 Å². The maximum atomic E-state index is 13.8. The molecule has 0 bridgehead atoms. The summed E-state index contributed by atoms with van der Waals surface area (Å²) in [4.78, 5) is 36.3. The summed E-state index contributed by atoms with van der Waals surface area (Å²) in [7, 11) is 1.97. The maximum Gasteiger partial charge on any atom is 0.335 e. The van der Waals surface area contributed by atoms with E-state index in [9.17, 15) is 14.7 Å². The van der Waals surface area contributed by atoms with Gasteiger partial charge in [0.05, 0.1) is 29.4 Å². The first-order chi connectivity index (χ1) is 18.4. The minimum Gasteiger partial charge on any atom is -0.506 e. The van der Waals surface area contributed by atoms with E-state index >= 15 is 0 Å². The fourth-order valence-electron chi connectivity index (χ4n) is 5.22. The quantitative estimate of drug-likeness (QED) is 0.359. The Morgan fingerprint density at radius 3 is 2.55 bits per heavy atom. The first-order valence-corrected chi connectivity index (χ1v) is 12.3. The fourth-order valence-corrected chi connectivity index (χ4v) is 5.22. The van der Waals surface area contributed by atoms with E-state index in [0.29, 0.717) is 35.5 Å². The molecule has 5 aromatic rings. The molecule has 2 N–H and O–H groups in total. The molecule has 1 unspecified atom stereocenters. The van der Waals surface area contributed by atoms with Crippen LogP contribution in [0.4, 0.5) is 0 Å². The van der Waals surface area contributed by atoms with E-state index in [1.54, 1.807) is 53.4 Å². The third-order valence-electron chi connectivity index (χ3n) is 7.21. The standard InChI is InChI=1S/C28H26N6O4/c1-31-14-12-29-25(31)17-32-13-10-21(16-32)33-26-23(3-2-11-30-26)34(28(33)38)22-9-8-20(15-24(22)35)18-4-6-19(7-5-18)27(36)37/h2-9,11-12,14-15,21,35H,10,13,16-17H2,1H3,(H,36,37). The summed E-state index contributed by atoms with van der Waals surface area (Å²) >= 11 is 0. The largest absolute Gasteiger partial charge is 0.506 e. The van der Waals surface area contributed by atoms with E-state index in [1.807, 2.05) is 23.9 Å². The summed E-state index contributed by atoms with van der Waals surface area (Å²) < 4.78 is 5.25. The van der Waals surface area contributed by atoms with E-state index in [2.05, 4.69) is 14.9 Å². The summed E-state index contributed by atoms with van der Waals surface area (Å²) in [6, 6.07) is 15.1. The zero-order valence-electron chi connectivity index (χ0n) is 20.7. The Labute approximate surface area is 217 Å². The Bertz CT molecular complexity index is 1720. The summed E-state index contributed by atoms with van der Waals surface area (Å²) in [5.41, 5.74) is 2.96. The van der Waals surface area contributed by atoms with Crippen LogP contribution in [-0.2, 0) is 13.6 Å². The molecule has 0 amide bonds. The number of carbonyl (C=O) groups is 1. The van der Waals surface area contributed by atoms with Gasteiger partial charge in [-0.15, -0.1) is 0 Å². The van der Waals surface area contributed by atoms with Gasteiger partial charge in [0.15, 0.2) is 5.65 Å². The van der Waals surface area contributed by atoms with E-state index < -0.39 is 5.97 Å². The van der Waals surface area contributed by atoms with Crippen LogP contribution in [0.5, 0.6) is 5.75 Å². The lowest BCUT2D eigenvalue weighted by Gasteiger charge is -2.16. The van der Waals surface area contributed by atoms with Crippen molar-refractivity contribution in [2.75, 3.05) is 13.1 Å². The zero-order chi connectivity index (χ0) is 26.4. The molecular weight excluding hydrogens is 484 g/mol. The number of fused-ring (bicyclic) bond motifs is 1. The SMILES string of the molecule is Cn1ccnc1CN1CCC(n2c(=O)n(-c3ccc(-c4ccc(C(=O)O)cc4)cc3O)c3cccnc32)C1. The molecule has 10 nitrogen and oxygen atoms in total. The van der Waals surface area contributed by atoms with Crippen molar-refractivity contribution < 1.29 is 15.0 Å². The topological polar surface area (TPSA) is 118 Å². The Morgan fingerprint density at radius 1 is 1.05 bits per heavy atom. The second-order valence-corrected chi connectivity index (χ2v) is 9.55. The number of hydrogen-bond acceptors (Lipinski definition) is 6. The van der Waals surface area contributed by atoms with Crippen molar-refractivity contribution in [1.82, 2.24) is 28.6 Å². The molecule has 0 radical (unpaired) electrons. The summed E-state index contributed by atoms with van der Waals surface area (Å²) in [6.45, 7) is 2.24. The highest BCUT2D eigenvalue weighted by Crippen LogP contribution is 2.32. The number of rotatable bonds is 6. The van der Waals surface area contributed by atoms with Gasteiger partial charge < -0.3 is 14.8 Å². The molecule has 1 aliphatic rings. The van der Waals surface area contributed by atoms with Crippen LogP contribution >= 0.6 is 0 Å². The van der Waals surface area contributed by atoms with E-state index in [-0.39, 0.29) is 23.0 Å². The Kier molecular flexibility index (Phi) is 5.80. The van der Waals surface area contributed by atoms with Crippen LogP contribution < -0.4 is 5.69 Å². The van der Waals surface area contributed by atoms with Gasteiger partial charge in [-0.1, -0.05) is 18.2 Å². The molecule has 10 heteroatoms. The predicted molar refractivity (Wildman–Crippen MR) is 142 cm³/mol. The molecule has 4 heterocycles. The van der Waals surface area contributed by atoms with Gasteiger partial charge in [-0.05, 0) is 53.9 Å². The van der Waals surface area contributed by atoms with E-state index in [1.165, 1.54) is 16.7 Å². The number of aryl methyl sites for hydroxylation is 1. The summed E-state index contributed by atoms with van der Waals surface area (Å²) in [5.74, 6) is -0.0834. The molecule has 0 aliphatic carbocycles. The third kappa shape index (κ3) is 4.04. The average Bonchev–Trinajstić information content (AvgIpc) is 3.62. The number of aromatic hydroxyl groups is 1. The molecule has 38 heavy (non-hydrogen) atoms. The van der Waals surface area contributed by atoms with Crippen LogP contribution in [0.2, 0.25) is 0 Å². The predicted octanol–water partition coefficient (Wildman–Crippen LogP) is 3.44. The third-order valence-corrected chi connectivity index (χ3v) is 7.21. The van der Waals surface area contributed by atoms with Crippen molar-refractivity contribution in [1.29, 1.82) is 0 Å².